The van der Waals surface area contributed by atoms with Crippen LogP contribution in [0.15, 0.2) is 24.7 Å². The molecular formula is C13H14ClN3. The van der Waals surface area contributed by atoms with Gasteiger partial charge in [-0.15, -0.1) is 0 Å². The Morgan fingerprint density at radius 2 is 2.06 bits per heavy atom. The predicted octanol–water partition coefficient (Wildman–Crippen LogP) is 3.45. The molecule has 0 aromatic carbocycles. The van der Waals surface area contributed by atoms with Gasteiger partial charge in [-0.1, -0.05) is 24.9 Å². The lowest BCUT2D eigenvalue weighted by atomic mass is 10.0. The molecule has 2 rings (SSSR count). The quantitative estimate of drug-likeness (QED) is 0.780. The molecule has 0 atom stereocenters. The molecule has 17 heavy (non-hydrogen) atoms. The molecule has 4 heteroatoms. The molecule has 0 unspecified atom stereocenters. The third-order valence-electron chi connectivity index (χ3n) is 2.56. The number of halogens is 1. The average molecular weight is 248 g/mol. The van der Waals surface area contributed by atoms with E-state index >= 15 is 0 Å². The standard InChI is InChI=1S/C13H14ClN3/c1-3-4-11-12(16-8-17-13(11)14)10-5-6-15-9(2)7-10/h5-8H,3-4H2,1-2H3. The van der Waals surface area contributed by atoms with Gasteiger partial charge in [-0.05, 0) is 25.5 Å². The van der Waals surface area contributed by atoms with Gasteiger partial charge in [0.25, 0.3) is 0 Å². The topological polar surface area (TPSA) is 38.7 Å². The zero-order valence-corrected chi connectivity index (χ0v) is 10.7. The van der Waals surface area contributed by atoms with Crippen LogP contribution in [0.3, 0.4) is 0 Å². The van der Waals surface area contributed by atoms with Gasteiger partial charge >= 0.3 is 0 Å². The fourth-order valence-electron chi connectivity index (χ4n) is 1.80. The van der Waals surface area contributed by atoms with Crippen molar-refractivity contribution in [2.24, 2.45) is 0 Å². The van der Waals surface area contributed by atoms with Crippen molar-refractivity contribution in [2.45, 2.75) is 26.7 Å². The van der Waals surface area contributed by atoms with Crippen molar-refractivity contribution in [2.75, 3.05) is 0 Å². The normalized spacial score (nSPS) is 10.5. The largest absolute Gasteiger partial charge is 0.262 e. The van der Waals surface area contributed by atoms with Crippen LogP contribution in [0.25, 0.3) is 11.3 Å². The minimum Gasteiger partial charge on any atom is -0.262 e. The summed E-state index contributed by atoms with van der Waals surface area (Å²) in [7, 11) is 0. The Kier molecular flexibility index (Phi) is 3.69. The lowest BCUT2D eigenvalue weighted by molar-refractivity contribution is 0.904. The number of hydrogen-bond donors (Lipinski definition) is 0. The Morgan fingerprint density at radius 1 is 1.24 bits per heavy atom. The summed E-state index contributed by atoms with van der Waals surface area (Å²) in [5.74, 6) is 0. The Bertz CT molecular complexity index is 526. The Hall–Kier alpha value is -1.48. The zero-order valence-electron chi connectivity index (χ0n) is 9.94. The molecular weight excluding hydrogens is 234 g/mol. The van der Waals surface area contributed by atoms with Crippen LogP contribution in [-0.2, 0) is 6.42 Å². The molecule has 0 amide bonds. The molecule has 2 aromatic rings. The summed E-state index contributed by atoms with van der Waals surface area (Å²) in [6.07, 6.45) is 5.20. The van der Waals surface area contributed by atoms with Crippen LogP contribution in [0.1, 0.15) is 24.6 Å². The molecule has 0 fully saturated rings. The van der Waals surface area contributed by atoms with Crippen LogP contribution < -0.4 is 0 Å². The third kappa shape index (κ3) is 2.61. The van der Waals surface area contributed by atoms with Gasteiger partial charge in [-0.25, -0.2) is 9.97 Å². The molecule has 0 aliphatic carbocycles. The van der Waals surface area contributed by atoms with Crippen LogP contribution in [-0.4, -0.2) is 15.0 Å². The van der Waals surface area contributed by atoms with E-state index in [9.17, 15) is 0 Å². The van der Waals surface area contributed by atoms with E-state index in [1.54, 1.807) is 6.20 Å². The SMILES string of the molecule is CCCc1c(Cl)ncnc1-c1ccnc(C)c1. The van der Waals surface area contributed by atoms with Crippen molar-refractivity contribution in [3.05, 3.63) is 41.1 Å². The van der Waals surface area contributed by atoms with Crippen molar-refractivity contribution in [1.82, 2.24) is 15.0 Å². The smallest absolute Gasteiger partial charge is 0.136 e. The molecule has 0 spiro atoms. The van der Waals surface area contributed by atoms with E-state index in [4.69, 9.17) is 11.6 Å². The minimum absolute atomic E-state index is 0.548. The van der Waals surface area contributed by atoms with Gasteiger partial charge in [0.2, 0.25) is 0 Å². The lowest BCUT2D eigenvalue weighted by Crippen LogP contribution is -1.97. The number of hydrogen-bond acceptors (Lipinski definition) is 3. The number of nitrogens with zero attached hydrogens (tertiary/aromatic N) is 3. The average Bonchev–Trinajstić information content (AvgIpc) is 2.32. The van der Waals surface area contributed by atoms with Gasteiger partial charge in [0.05, 0.1) is 5.69 Å². The molecule has 0 bridgehead atoms. The Balaban J connectivity index is 2.54. The molecule has 2 heterocycles. The summed E-state index contributed by atoms with van der Waals surface area (Å²) in [6.45, 7) is 4.08. The lowest BCUT2D eigenvalue weighted by Gasteiger charge is -2.09. The van der Waals surface area contributed by atoms with E-state index < -0.39 is 0 Å². The summed E-state index contributed by atoms with van der Waals surface area (Å²) in [5.41, 5.74) is 3.95. The maximum Gasteiger partial charge on any atom is 0.136 e. The van der Waals surface area contributed by atoms with Gasteiger partial charge in [-0.2, -0.15) is 0 Å². The van der Waals surface area contributed by atoms with Gasteiger partial charge in [0, 0.05) is 23.0 Å². The minimum atomic E-state index is 0.548. The van der Waals surface area contributed by atoms with Crippen LogP contribution in [0.4, 0.5) is 0 Å². The van der Waals surface area contributed by atoms with E-state index in [-0.39, 0.29) is 0 Å². The summed E-state index contributed by atoms with van der Waals surface area (Å²) < 4.78 is 0. The van der Waals surface area contributed by atoms with Gasteiger partial charge in [0.1, 0.15) is 11.5 Å². The summed E-state index contributed by atoms with van der Waals surface area (Å²) in [5, 5.41) is 0.548. The summed E-state index contributed by atoms with van der Waals surface area (Å²) in [6, 6.07) is 3.96. The number of rotatable bonds is 3. The second kappa shape index (κ2) is 5.23. The van der Waals surface area contributed by atoms with Crippen molar-refractivity contribution in [1.29, 1.82) is 0 Å². The summed E-state index contributed by atoms with van der Waals surface area (Å²) in [4.78, 5) is 12.6. The molecule has 88 valence electrons. The maximum atomic E-state index is 6.13. The predicted molar refractivity (Wildman–Crippen MR) is 69.0 cm³/mol. The van der Waals surface area contributed by atoms with Crippen molar-refractivity contribution < 1.29 is 0 Å². The highest BCUT2D eigenvalue weighted by molar-refractivity contribution is 6.30. The fraction of sp³-hybridized carbons (Fsp3) is 0.308. The van der Waals surface area contributed by atoms with Gasteiger partial charge < -0.3 is 0 Å². The molecule has 0 saturated heterocycles. The fourth-order valence-corrected chi connectivity index (χ4v) is 2.03. The van der Waals surface area contributed by atoms with Crippen molar-refractivity contribution in [3.8, 4) is 11.3 Å². The first kappa shape index (κ1) is 12.0. The van der Waals surface area contributed by atoms with E-state index in [1.807, 2.05) is 19.1 Å². The third-order valence-corrected chi connectivity index (χ3v) is 2.89. The van der Waals surface area contributed by atoms with E-state index in [1.165, 1.54) is 6.33 Å². The Morgan fingerprint density at radius 3 is 2.76 bits per heavy atom. The second-order valence-corrected chi connectivity index (χ2v) is 4.29. The van der Waals surface area contributed by atoms with Crippen molar-refractivity contribution >= 4 is 11.6 Å². The molecule has 0 saturated carbocycles. The van der Waals surface area contributed by atoms with Crippen LogP contribution in [0, 0.1) is 6.92 Å². The highest BCUT2D eigenvalue weighted by Crippen LogP contribution is 2.26. The first-order valence-corrected chi connectivity index (χ1v) is 6.02. The number of aryl methyl sites for hydroxylation is 1. The molecule has 0 radical (unpaired) electrons. The van der Waals surface area contributed by atoms with Gasteiger partial charge in [-0.3, -0.25) is 4.98 Å². The van der Waals surface area contributed by atoms with E-state index in [0.717, 1.165) is 35.4 Å². The zero-order chi connectivity index (χ0) is 12.3. The van der Waals surface area contributed by atoms with Crippen molar-refractivity contribution in [3.63, 3.8) is 0 Å². The van der Waals surface area contributed by atoms with Gasteiger partial charge in [0.15, 0.2) is 0 Å². The highest BCUT2D eigenvalue weighted by Gasteiger charge is 2.11. The first-order chi connectivity index (χ1) is 8.22. The number of aromatic nitrogens is 3. The van der Waals surface area contributed by atoms with E-state index in [0.29, 0.717) is 5.15 Å². The maximum absolute atomic E-state index is 6.13. The monoisotopic (exact) mass is 247 g/mol. The summed E-state index contributed by atoms with van der Waals surface area (Å²) >= 11 is 6.13. The van der Waals surface area contributed by atoms with Crippen LogP contribution in [0.2, 0.25) is 5.15 Å². The second-order valence-electron chi connectivity index (χ2n) is 3.93. The van der Waals surface area contributed by atoms with E-state index in [2.05, 4.69) is 21.9 Å². The molecule has 0 N–H and O–H groups in total. The molecule has 3 nitrogen and oxygen atoms in total. The molecule has 2 aromatic heterocycles. The molecule has 0 aliphatic heterocycles. The first-order valence-electron chi connectivity index (χ1n) is 5.64. The molecule has 0 aliphatic rings. The Labute approximate surface area is 106 Å². The number of pyridine rings is 1. The van der Waals surface area contributed by atoms with Crippen LogP contribution >= 0.6 is 11.6 Å². The van der Waals surface area contributed by atoms with Crippen LogP contribution in [0.5, 0.6) is 0 Å². The highest BCUT2D eigenvalue weighted by atomic mass is 35.5.